The highest BCUT2D eigenvalue weighted by Gasteiger charge is 2.28. The summed E-state index contributed by atoms with van der Waals surface area (Å²) in [5.74, 6) is 0. The molecule has 0 unspecified atom stereocenters. The van der Waals surface area contributed by atoms with E-state index in [1.54, 1.807) is 19.9 Å². The first kappa shape index (κ1) is 14.6. The molecule has 0 bridgehead atoms. The number of nitrogen functional groups attached to an aromatic ring is 1. The second-order valence-corrected chi connectivity index (χ2v) is 6.85. The van der Waals surface area contributed by atoms with Crippen molar-refractivity contribution >= 4 is 21.7 Å². The molecule has 1 fully saturated rings. The Labute approximate surface area is 118 Å². The number of carbonyl (C=O) groups excluding carboxylic acids is 1. The van der Waals surface area contributed by atoms with Crippen LogP contribution >= 0.6 is 0 Å². The lowest BCUT2D eigenvalue weighted by Gasteiger charge is -2.15. The van der Waals surface area contributed by atoms with Gasteiger partial charge in [0, 0.05) is 11.7 Å². The monoisotopic (exact) mass is 297 g/mol. The summed E-state index contributed by atoms with van der Waals surface area (Å²) in [4.78, 5) is 11.7. The number of hydrogen-bond donors (Lipinski definition) is 3. The fraction of sp³-hybridized carbons (Fsp3) is 0.462. The van der Waals surface area contributed by atoms with Gasteiger partial charge < -0.3 is 11.1 Å². The van der Waals surface area contributed by atoms with Gasteiger partial charge in [0.15, 0.2) is 0 Å². The number of sulfonamides is 1. The molecule has 1 saturated carbocycles. The second-order valence-electron chi connectivity index (χ2n) is 5.23. The third-order valence-corrected chi connectivity index (χ3v) is 4.99. The summed E-state index contributed by atoms with van der Waals surface area (Å²) in [7, 11) is -3.92. The van der Waals surface area contributed by atoms with E-state index in [4.69, 9.17) is 5.73 Å². The van der Waals surface area contributed by atoms with Crippen molar-refractivity contribution in [3.8, 4) is 0 Å². The Morgan fingerprint density at radius 3 is 2.40 bits per heavy atom. The standard InChI is InChI=1S/C13H19N3O3S/c1-7-6-8(2)12(9(3)11(7)14)20(18,19)16-13(17)15-10-4-5-10/h6,10H,4-5,14H2,1-3H3,(H2,15,16,17). The van der Waals surface area contributed by atoms with Crippen molar-refractivity contribution in [3.63, 3.8) is 0 Å². The fourth-order valence-electron chi connectivity index (χ4n) is 2.21. The summed E-state index contributed by atoms with van der Waals surface area (Å²) >= 11 is 0. The van der Waals surface area contributed by atoms with Gasteiger partial charge in [-0.15, -0.1) is 0 Å². The molecule has 0 saturated heterocycles. The minimum Gasteiger partial charge on any atom is -0.398 e. The van der Waals surface area contributed by atoms with E-state index in [1.165, 1.54) is 0 Å². The number of benzene rings is 1. The minimum absolute atomic E-state index is 0.0755. The first-order valence-electron chi connectivity index (χ1n) is 6.42. The van der Waals surface area contributed by atoms with Crippen LogP contribution in [0.1, 0.15) is 29.5 Å². The van der Waals surface area contributed by atoms with Crippen LogP contribution in [0.2, 0.25) is 0 Å². The highest BCUT2D eigenvalue weighted by atomic mass is 32.2. The topological polar surface area (TPSA) is 101 Å². The average molecular weight is 297 g/mol. The summed E-state index contributed by atoms with van der Waals surface area (Å²) in [5.41, 5.74) is 8.16. The van der Waals surface area contributed by atoms with Crippen molar-refractivity contribution in [1.29, 1.82) is 0 Å². The Balaban J connectivity index is 2.33. The predicted octanol–water partition coefficient (Wildman–Crippen LogP) is 1.34. The third-order valence-electron chi connectivity index (χ3n) is 3.37. The summed E-state index contributed by atoms with van der Waals surface area (Å²) in [6.45, 7) is 5.15. The minimum atomic E-state index is -3.92. The van der Waals surface area contributed by atoms with Gasteiger partial charge in [-0.25, -0.2) is 17.9 Å². The van der Waals surface area contributed by atoms with Gasteiger partial charge >= 0.3 is 6.03 Å². The molecule has 2 amide bonds. The molecule has 6 nitrogen and oxygen atoms in total. The molecule has 20 heavy (non-hydrogen) atoms. The van der Waals surface area contributed by atoms with E-state index in [-0.39, 0.29) is 10.9 Å². The van der Waals surface area contributed by atoms with Crippen molar-refractivity contribution in [2.24, 2.45) is 0 Å². The van der Waals surface area contributed by atoms with Crippen molar-refractivity contribution in [2.75, 3.05) is 5.73 Å². The lowest BCUT2D eigenvalue weighted by molar-refractivity contribution is 0.245. The van der Waals surface area contributed by atoms with Crippen LogP contribution in [-0.2, 0) is 10.0 Å². The Bertz CT molecular complexity index is 664. The SMILES string of the molecule is Cc1cc(C)c(S(=O)(=O)NC(=O)NC2CC2)c(C)c1N. The van der Waals surface area contributed by atoms with Crippen LogP contribution in [0, 0.1) is 20.8 Å². The van der Waals surface area contributed by atoms with E-state index in [9.17, 15) is 13.2 Å². The van der Waals surface area contributed by atoms with Crippen LogP contribution in [-0.4, -0.2) is 20.5 Å². The van der Waals surface area contributed by atoms with Crippen molar-refractivity contribution in [3.05, 3.63) is 22.8 Å². The maximum Gasteiger partial charge on any atom is 0.328 e. The van der Waals surface area contributed by atoms with Gasteiger partial charge in [0.2, 0.25) is 0 Å². The maximum absolute atomic E-state index is 12.3. The molecule has 110 valence electrons. The van der Waals surface area contributed by atoms with Crippen LogP contribution in [0.4, 0.5) is 10.5 Å². The van der Waals surface area contributed by atoms with Crippen LogP contribution < -0.4 is 15.8 Å². The van der Waals surface area contributed by atoms with E-state index < -0.39 is 16.1 Å². The zero-order valence-electron chi connectivity index (χ0n) is 11.8. The van der Waals surface area contributed by atoms with E-state index in [0.29, 0.717) is 16.8 Å². The molecule has 0 atom stereocenters. The molecule has 0 spiro atoms. The predicted molar refractivity (Wildman–Crippen MR) is 76.9 cm³/mol. The Morgan fingerprint density at radius 2 is 1.85 bits per heavy atom. The zero-order chi connectivity index (χ0) is 15.1. The molecule has 1 aliphatic carbocycles. The molecule has 1 aromatic carbocycles. The van der Waals surface area contributed by atoms with Gasteiger partial charge in [0.25, 0.3) is 10.0 Å². The third kappa shape index (κ3) is 2.87. The molecular formula is C13H19N3O3S. The molecule has 4 N–H and O–H groups in total. The first-order valence-corrected chi connectivity index (χ1v) is 7.90. The van der Waals surface area contributed by atoms with E-state index in [0.717, 1.165) is 18.4 Å². The fourth-order valence-corrected chi connectivity index (χ4v) is 3.61. The summed E-state index contributed by atoms with van der Waals surface area (Å²) < 4.78 is 26.7. The van der Waals surface area contributed by atoms with E-state index in [2.05, 4.69) is 5.32 Å². The van der Waals surface area contributed by atoms with Crippen LogP contribution in [0.15, 0.2) is 11.0 Å². The first-order chi connectivity index (χ1) is 9.22. The Hall–Kier alpha value is -1.76. The quantitative estimate of drug-likeness (QED) is 0.733. The normalized spacial score (nSPS) is 14.9. The van der Waals surface area contributed by atoms with Gasteiger partial charge in [0.1, 0.15) is 0 Å². The zero-order valence-corrected chi connectivity index (χ0v) is 12.6. The number of hydrogen-bond acceptors (Lipinski definition) is 4. The van der Waals surface area contributed by atoms with Gasteiger partial charge in [-0.3, -0.25) is 0 Å². The molecule has 0 aliphatic heterocycles. The average Bonchev–Trinajstić information content (AvgIpc) is 3.08. The van der Waals surface area contributed by atoms with Crippen LogP contribution in [0.3, 0.4) is 0 Å². The number of rotatable bonds is 3. The van der Waals surface area contributed by atoms with Crippen LogP contribution in [0.5, 0.6) is 0 Å². The molecule has 1 aliphatic rings. The summed E-state index contributed by atoms with van der Waals surface area (Å²) in [6.07, 6.45) is 1.78. The van der Waals surface area contributed by atoms with E-state index >= 15 is 0 Å². The van der Waals surface area contributed by atoms with E-state index in [1.807, 2.05) is 11.6 Å². The summed E-state index contributed by atoms with van der Waals surface area (Å²) in [5, 5.41) is 2.58. The molecule has 1 aromatic rings. The molecule has 0 heterocycles. The van der Waals surface area contributed by atoms with Gasteiger partial charge in [-0.1, -0.05) is 6.07 Å². The largest absolute Gasteiger partial charge is 0.398 e. The number of urea groups is 1. The smallest absolute Gasteiger partial charge is 0.328 e. The highest BCUT2D eigenvalue weighted by molar-refractivity contribution is 7.90. The molecule has 0 aromatic heterocycles. The number of amides is 2. The van der Waals surface area contributed by atoms with Crippen molar-refractivity contribution in [2.45, 2.75) is 44.6 Å². The van der Waals surface area contributed by atoms with Crippen LogP contribution in [0.25, 0.3) is 0 Å². The lowest BCUT2D eigenvalue weighted by atomic mass is 10.1. The number of nitrogens with one attached hydrogen (secondary N) is 2. The Morgan fingerprint density at radius 1 is 1.25 bits per heavy atom. The number of aryl methyl sites for hydroxylation is 2. The van der Waals surface area contributed by atoms with Gasteiger partial charge in [-0.05, 0) is 50.3 Å². The van der Waals surface area contributed by atoms with Gasteiger partial charge in [0.05, 0.1) is 4.90 Å². The van der Waals surface area contributed by atoms with Gasteiger partial charge in [-0.2, -0.15) is 0 Å². The summed E-state index contributed by atoms with van der Waals surface area (Å²) in [6, 6.07) is 1.11. The number of carbonyl (C=O) groups is 1. The number of anilines is 1. The molecule has 2 rings (SSSR count). The molecule has 7 heteroatoms. The Kier molecular flexibility index (Phi) is 3.64. The van der Waals surface area contributed by atoms with Crippen molar-refractivity contribution in [1.82, 2.24) is 10.0 Å². The van der Waals surface area contributed by atoms with Crippen molar-refractivity contribution < 1.29 is 13.2 Å². The second kappa shape index (κ2) is 4.97. The highest BCUT2D eigenvalue weighted by Crippen LogP contribution is 2.28. The lowest BCUT2D eigenvalue weighted by Crippen LogP contribution is -2.40. The molecule has 0 radical (unpaired) electrons. The maximum atomic E-state index is 12.3. The molecular weight excluding hydrogens is 278 g/mol. The number of nitrogens with two attached hydrogens (primary N) is 1.